The number of aryl methyl sites for hydroxylation is 2. The molecule has 0 aliphatic carbocycles. The summed E-state index contributed by atoms with van der Waals surface area (Å²) in [6.45, 7) is 6.60. The van der Waals surface area contributed by atoms with Crippen LogP contribution in [0.2, 0.25) is 0 Å². The number of methoxy groups -OCH3 is 1. The quantitative estimate of drug-likeness (QED) is 0.350. The van der Waals surface area contributed by atoms with Gasteiger partial charge in [0.15, 0.2) is 0 Å². The fraction of sp³-hybridized carbons (Fsp3) is 0.345. The van der Waals surface area contributed by atoms with E-state index in [9.17, 15) is 8.78 Å². The van der Waals surface area contributed by atoms with E-state index in [1.807, 2.05) is 25.8 Å². The molecule has 2 unspecified atom stereocenters. The van der Waals surface area contributed by atoms with Crippen LogP contribution in [0, 0.1) is 25.5 Å². The number of hydrazone groups is 1. The number of nitrogens with zero attached hydrogens (tertiary/aromatic N) is 2. The lowest BCUT2D eigenvalue weighted by atomic mass is 9.94. The van der Waals surface area contributed by atoms with Gasteiger partial charge in [-0.1, -0.05) is 71.4 Å². The Bertz CT molecular complexity index is 1220. The summed E-state index contributed by atoms with van der Waals surface area (Å²) in [5, 5.41) is 7.49. The Hall–Kier alpha value is -2.74. The van der Waals surface area contributed by atoms with Crippen molar-refractivity contribution < 1.29 is 13.5 Å². The standard InChI is InChI=1S/C29H33F2N3OS/c1-19-6-10-22(11-7-19)27(21(3)35-4)34-29(16-5-17-32,23-12-8-20(2)9-13-23)36-28(33-34)25-18-24(30)14-15-26(25)31/h6-15,18,21,27H,5,16-17,32H2,1-4H3/t21-,27?,29?/m0/s1. The first-order valence-corrected chi connectivity index (χ1v) is 13.0. The van der Waals surface area contributed by atoms with E-state index in [1.54, 1.807) is 7.11 Å². The van der Waals surface area contributed by atoms with Crippen molar-refractivity contribution in [3.05, 3.63) is 106 Å². The molecular weight excluding hydrogens is 476 g/mol. The van der Waals surface area contributed by atoms with E-state index in [1.165, 1.54) is 17.8 Å². The summed E-state index contributed by atoms with van der Waals surface area (Å²) in [6.07, 6.45) is 1.16. The largest absolute Gasteiger partial charge is 0.379 e. The van der Waals surface area contributed by atoms with Crippen molar-refractivity contribution in [2.45, 2.75) is 50.6 Å². The van der Waals surface area contributed by atoms with E-state index < -0.39 is 16.5 Å². The lowest BCUT2D eigenvalue weighted by Crippen LogP contribution is -2.44. The molecule has 3 aromatic carbocycles. The third kappa shape index (κ3) is 5.19. The van der Waals surface area contributed by atoms with Crippen LogP contribution in [0.5, 0.6) is 0 Å². The second-order valence-electron chi connectivity index (χ2n) is 9.31. The Balaban J connectivity index is 1.95. The van der Waals surface area contributed by atoms with Crippen LogP contribution < -0.4 is 5.73 Å². The van der Waals surface area contributed by atoms with Gasteiger partial charge in [-0.2, -0.15) is 5.10 Å². The van der Waals surface area contributed by atoms with Crippen LogP contribution in [-0.2, 0) is 9.61 Å². The third-order valence-corrected chi connectivity index (χ3v) is 8.17. The summed E-state index contributed by atoms with van der Waals surface area (Å²) in [7, 11) is 1.68. The van der Waals surface area contributed by atoms with Gasteiger partial charge in [0.25, 0.3) is 0 Å². The highest BCUT2D eigenvalue weighted by atomic mass is 32.2. The summed E-state index contributed by atoms with van der Waals surface area (Å²) in [6, 6.07) is 19.8. The van der Waals surface area contributed by atoms with E-state index in [-0.39, 0.29) is 17.7 Å². The van der Waals surface area contributed by atoms with Gasteiger partial charge in [0.2, 0.25) is 0 Å². The normalized spacial score (nSPS) is 19.3. The number of hydrogen-bond acceptors (Lipinski definition) is 5. The smallest absolute Gasteiger partial charge is 0.135 e. The highest BCUT2D eigenvalue weighted by molar-refractivity contribution is 8.15. The van der Waals surface area contributed by atoms with Crippen LogP contribution in [0.15, 0.2) is 71.8 Å². The van der Waals surface area contributed by atoms with E-state index in [4.69, 9.17) is 15.6 Å². The molecule has 0 bridgehead atoms. The van der Waals surface area contributed by atoms with E-state index in [0.717, 1.165) is 40.8 Å². The predicted molar refractivity (Wildman–Crippen MR) is 144 cm³/mol. The minimum atomic E-state index is -0.691. The molecule has 0 aromatic heterocycles. The lowest BCUT2D eigenvalue weighted by Gasteiger charge is -2.43. The maximum absolute atomic E-state index is 15.0. The molecule has 0 saturated heterocycles. The van der Waals surface area contributed by atoms with Gasteiger partial charge in [0.05, 0.1) is 12.1 Å². The summed E-state index contributed by atoms with van der Waals surface area (Å²) in [5.41, 5.74) is 10.5. The van der Waals surface area contributed by atoms with Crippen molar-refractivity contribution in [2.75, 3.05) is 13.7 Å². The predicted octanol–water partition coefficient (Wildman–Crippen LogP) is 6.66. The fourth-order valence-electron chi connectivity index (χ4n) is 4.62. The summed E-state index contributed by atoms with van der Waals surface area (Å²) in [4.78, 5) is -0.691. The molecule has 3 aromatic rings. The lowest BCUT2D eigenvalue weighted by molar-refractivity contribution is -0.00529. The Morgan fingerprint density at radius 3 is 2.25 bits per heavy atom. The molecule has 190 valence electrons. The first-order chi connectivity index (χ1) is 17.3. The van der Waals surface area contributed by atoms with Crippen molar-refractivity contribution in [3.8, 4) is 0 Å². The second kappa shape index (κ2) is 11.1. The maximum Gasteiger partial charge on any atom is 0.135 e. The Kier molecular flexibility index (Phi) is 8.13. The summed E-state index contributed by atoms with van der Waals surface area (Å²) in [5.74, 6) is -1.01. The Labute approximate surface area is 216 Å². The average molecular weight is 510 g/mol. The van der Waals surface area contributed by atoms with Crippen molar-refractivity contribution in [3.63, 3.8) is 0 Å². The van der Waals surface area contributed by atoms with Gasteiger partial charge in [0.1, 0.15) is 21.5 Å². The molecule has 0 radical (unpaired) electrons. The SMILES string of the molecule is CO[C@@H](C)C(c1ccc(C)cc1)N1N=C(c2cc(F)ccc2F)SC1(CCCN)c1ccc(C)cc1. The first kappa shape index (κ1) is 26.3. The van der Waals surface area contributed by atoms with Crippen LogP contribution in [0.25, 0.3) is 0 Å². The van der Waals surface area contributed by atoms with Crippen LogP contribution in [0.4, 0.5) is 8.78 Å². The fourth-order valence-corrected chi connectivity index (χ4v) is 6.09. The second-order valence-corrected chi connectivity index (χ2v) is 10.6. The highest BCUT2D eigenvalue weighted by Crippen LogP contribution is 2.54. The van der Waals surface area contributed by atoms with Gasteiger partial charge in [-0.3, -0.25) is 5.01 Å². The number of nitrogens with two attached hydrogens (primary N) is 1. The molecule has 1 aliphatic rings. The van der Waals surface area contributed by atoms with Gasteiger partial charge in [-0.25, -0.2) is 8.78 Å². The van der Waals surface area contributed by atoms with Gasteiger partial charge in [-0.15, -0.1) is 0 Å². The van der Waals surface area contributed by atoms with Crippen LogP contribution in [0.3, 0.4) is 0 Å². The molecule has 36 heavy (non-hydrogen) atoms. The van der Waals surface area contributed by atoms with Gasteiger partial charge < -0.3 is 10.5 Å². The number of rotatable bonds is 9. The molecule has 4 nitrogen and oxygen atoms in total. The van der Waals surface area contributed by atoms with E-state index in [2.05, 4.69) is 48.5 Å². The number of hydrogen-bond donors (Lipinski definition) is 1. The van der Waals surface area contributed by atoms with Crippen molar-refractivity contribution in [1.82, 2.24) is 5.01 Å². The summed E-state index contributed by atoms with van der Waals surface area (Å²) >= 11 is 1.45. The maximum atomic E-state index is 15.0. The number of thioether (sulfide) groups is 1. The molecule has 4 rings (SSSR count). The molecule has 0 saturated carbocycles. The topological polar surface area (TPSA) is 50.8 Å². The number of ether oxygens (including phenoxy) is 1. The molecule has 0 spiro atoms. The zero-order valence-corrected chi connectivity index (χ0v) is 22.0. The molecule has 3 atom stereocenters. The number of halogens is 2. The van der Waals surface area contributed by atoms with Gasteiger partial charge >= 0.3 is 0 Å². The molecule has 2 N–H and O–H groups in total. The zero-order chi connectivity index (χ0) is 25.9. The van der Waals surface area contributed by atoms with Crippen LogP contribution in [0.1, 0.15) is 53.6 Å². The van der Waals surface area contributed by atoms with Crippen LogP contribution >= 0.6 is 11.8 Å². The van der Waals surface area contributed by atoms with Crippen molar-refractivity contribution in [2.24, 2.45) is 10.8 Å². The van der Waals surface area contributed by atoms with E-state index >= 15 is 0 Å². The Morgan fingerprint density at radius 1 is 1.00 bits per heavy atom. The molecular formula is C29H33F2N3OS. The number of benzene rings is 3. The monoisotopic (exact) mass is 509 g/mol. The highest BCUT2D eigenvalue weighted by Gasteiger charge is 2.50. The van der Waals surface area contributed by atoms with E-state index in [0.29, 0.717) is 18.0 Å². The Morgan fingerprint density at radius 2 is 1.64 bits per heavy atom. The molecule has 0 amide bonds. The minimum absolute atomic E-state index is 0.152. The van der Waals surface area contributed by atoms with Crippen molar-refractivity contribution in [1.29, 1.82) is 0 Å². The average Bonchev–Trinajstić information content (AvgIpc) is 3.25. The summed E-state index contributed by atoms with van der Waals surface area (Å²) < 4.78 is 35.1. The zero-order valence-electron chi connectivity index (χ0n) is 21.2. The molecule has 1 heterocycles. The third-order valence-electron chi connectivity index (χ3n) is 6.71. The van der Waals surface area contributed by atoms with Crippen LogP contribution in [-0.4, -0.2) is 29.8 Å². The minimum Gasteiger partial charge on any atom is -0.379 e. The molecule has 1 aliphatic heterocycles. The van der Waals surface area contributed by atoms with Gasteiger partial charge in [-0.05, 0) is 69.5 Å². The van der Waals surface area contributed by atoms with Gasteiger partial charge in [0, 0.05) is 12.7 Å². The molecule has 7 heteroatoms. The first-order valence-electron chi connectivity index (χ1n) is 12.2. The molecule has 0 fully saturated rings. The van der Waals surface area contributed by atoms with Crippen molar-refractivity contribution >= 4 is 16.8 Å².